The summed E-state index contributed by atoms with van der Waals surface area (Å²) in [6.45, 7) is 5.81. The van der Waals surface area contributed by atoms with Gasteiger partial charge < -0.3 is 15.0 Å². The summed E-state index contributed by atoms with van der Waals surface area (Å²) in [5, 5.41) is 2.93. The van der Waals surface area contributed by atoms with Crippen molar-refractivity contribution >= 4 is 11.8 Å². The zero-order chi connectivity index (χ0) is 21.2. The molecule has 29 heavy (non-hydrogen) atoms. The highest BCUT2D eigenvalue weighted by Gasteiger charge is 2.26. The smallest absolute Gasteiger partial charge is 0.261 e. The Labute approximate surface area is 171 Å². The van der Waals surface area contributed by atoms with Gasteiger partial charge in [0.05, 0.1) is 0 Å². The fraction of sp³-hybridized carbons (Fsp3) is 0.391. The largest absolute Gasteiger partial charge is 0.484 e. The molecule has 2 aromatic carbocycles. The van der Waals surface area contributed by atoms with E-state index in [0.29, 0.717) is 18.7 Å². The number of carbonyl (C=O) groups excluding carboxylic acids is 2. The molecular formula is C23H29FN2O3. The highest BCUT2D eigenvalue weighted by atomic mass is 19.1. The van der Waals surface area contributed by atoms with Crippen LogP contribution in [0.1, 0.15) is 32.8 Å². The predicted molar refractivity (Wildman–Crippen MR) is 111 cm³/mol. The topological polar surface area (TPSA) is 58.6 Å². The van der Waals surface area contributed by atoms with Crippen LogP contribution in [0.5, 0.6) is 5.75 Å². The van der Waals surface area contributed by atoms with Crippen LogP contribution in [0, 0.1) is 5.82 Å². The number of hydrogen-bond acceptors (Lipinski definition) is 3. The molecule has 0 fully saturated rings. The average molecular weight is 400 g/mol. The van der Waals surface area contributed by atoms with Crippen molar-refractivity contribution in [2.24, 2.45) is 0 Å². The SMILES string of the molecule is CC[C@H](C)NC(=O)[C@H](C)N(CCc1ccccc1)C(=O)COc1ccc(F)cc1. The van der Waals surface area contributed by atoms with Crippen LogP contribution in [0.25, 0.3) is 0 Å². The molecule has 0 unspecified atom stereocenters. The van der Waals surface area contributed by atoms with Crippen molar-refractivity contribution in [2.75, 3.05) is 13.2 Å². The Bertz CT molecular complexity index is 780. The van der Waals surface area contributed by atoms with E-state index in [1.807, 2.05) is 44.2 Å². The molecule has 5 nitrogen and oxygen atoms in total. The lowest BCUT2D eigenvalue weighted by Crippen LogP contribution is -2.51. The number of halogens is 1. The van der Waals surface area contributed by atoms with E-state index in [1.165, 1.54) is 29.2 Å². The molecule has 1 N–H and O–H groups in total. The number of ether oxygens (including phenoxy) is 1. The lowest BCUT2D eigenvalue weighted by molar-refractivity contribution is -0.141. The molecule has 0 aromatic heterocycles. The third kappa shape index (κ3) is 7.22. The van der Waals surface area contributed by atoms with Crippen molar-refractivity contribution in [3.05, 3.63) is 66.0 Å². The van der Waals surface area contributed by atoms with Gasteiger partial charge in [-0.2, -0.15) is 0 Å². The van der Waals surface area contributed by atoms with Gasteiger partial charge >= 0.3 is 0 Å². The van der Waals surface area contributed by atoms with Gasteiger partial charge in [0.15, 0.2) is 6.61 Å². The van der Waals surface area contributed by atoms with Crippen molar-refractivity contribution in [3.8, 4) is 5.75 Å². The summed E-state index contributed by atoms with van der Waals surface area (Å²) in [5.41, 5.74) is 1.08. The van der Waals surface area contributed by atoms with E-state index >= 15 is 0 Å². The Morgan fingerprint density at radius 1 is 1.07 bits per heavy atom. The number of hydrogen-bond donors (Lipinski definition) is 1. The van der Waals surface area contributed by atoms with Crippen molar-refractivity contribution in [1.29, 1.82) is 0 Å². The molecule has 0 spiro atoms. The molecule has 0 saturated carbocycles. The van der Waals surface area contributed by atoms with E-state index in [1.54, 1.807) is 6.92 Å². The quantitative estimate of drug-likeness (QED) is 0.663. The first kappa shape index (κ1) is 22.4. The Morgan fingerprint density at radius 3 is 2.34 bits per heavy atom. The molecule has 0 heterocycles. The third-order valence-corrected chi connectivity index (χ3v) is 4.83. The number of rotatable bonds is 10. The van der Waals surface area contributed by atoms with Crippen LogP contribution in [0.15, 0.2) is 54.6 Å². The Kier molecular flexibility index (Phi) is 8.65. The summed E-state index contributed by atoms with van der Waals surface area (Å²) in [5.74, 6) is -0.456. The third-order valence-electron chi connectivity index (χ3n) is 4.83. The monoisotopic (exact) mass is 400 g/mol. The van der Waals surface area contributed by atoms with Gasteiger partial charge in [0.25, 0.3) is 5.91 Å². The van der Waals surface area contributed by atoms with Crippen molar-refractivity contribution < 1.29 is 18.7 Å². The minimum absolute atomic E-state index is 0.0338. The maximum absolute atomic E-state index is 13.0. The zero-order valence-corrected chi connectivity index (χ0v) is 17.2. The molecule has 0 aliphatic carbocycles. The van der Waals surface area contributed by atoms with Crippen LogP contribution in [0.3, 0.4) is 0 Å². The van der Waals surface area contributed by atoms with Crippen LogP contribution >= 0.6 is 0 Å². The van der Waals surface area contributed by atoms with Crippen molar-refractivity contribution in [1.82, 2.24) is 10.2 Å². The minimum atomic E-state index is -0.628. The molecule has 6 heteroatoms. The molecule has 2 aromatic rings. The van der Waals surface area contributed by atoms with Gasteiger partial charge in [-0.15, -0.1) is 0 Å². The number of carbonyl (C=O) groups is 2. The van der Waals surface area contributed by atoms with Gasteiger partial charge in [0.2, 0.25) is 5.91 Å². The summed E-state index contributed by atoms with van der Waals surface area (Å²) in [7, 11) is 0. The first-order valence-electron chi connectivity index (χ1n) is 9.92. The van der Waals surface area contributed by atoms with Gasteiger partial charge in [-0.3, -0.25) is 9.59 Å². The maximum Gasteiger partial charge on any atom is 0.261 e. The normalized spacial score (nSPS) is 12.7. The summed E-state index contributed by atoms with van der Waals surface area (Å²) in [4.78, 5) is 27.0. The molecular weight excluding hydrogens is 371 g/mol. The molecule has 2 amide bonds. The standard InChI is InChI=1S/C23H29FN2O3/c1-4-17(2)25-23(28)18(3)26(15-14-19-8-6-5-7-9-19)22(27)16-29-21-12-10-20(24)11-13-21/h5-13,17-18H,4,14-16H2,1-3H3,(H,25,28)/t17-,18-/m0/s1. The summed E-state index contributed by atoms with van der Waals surface area (Å²) in [6, 6.07) is 14.7. The van der Waals surface area contributed by atoms with E-state index < -0.39 is 6.04 Å². The van der Waals surface area contributed by atoms with E-state index in [2.05, 4.69) is 5.32 Å². The second-order valence-corrected chi connectivity index (χ2v) is 7.06. The molecule has 2 rings (SSSR count). The number of benzene rings is 2. The minimum Gasteiger partial charge on any atom is -0.484 e. The number of nitrogens with zero attached hydrogens (tertiary/aromatic N) is 1. The van der Waals surface area contributed by atoms with Gasteiger partial charge in [-0.25, -0.2) is 4.39 Å². The van der Waals surface area contributed by atoms with E-state index in [4.69, 9.17) is 4.74 Å². The Hall–Kier alpha value is -2.89. The highest BCUT2D eigenvalue weighted by molar-refractivity contribution is 5.88. The summed E-state index contributed by atoms with van der Waals surface area (Å²) in [6.07, 6.45) is 1.44. The van der Waals surface area contributed by atoms with Crippen molar-refractivity contribution in [3.63, 3.8) is 0 Å². The van der Waals surface area contributed by atoms with Gasteiger partial charge in [-0.1, -0.05) is 37.3 Å². The number of nitrogens with one attached hydrogen (secondary N) is 1. The first-order chi connectivity index (χ1) is 13.9. The Morgan fingerprint density at radius 2 is 1.72 bits per heavy atom. The van der Waals surface area contributed by atoms with Gasteiger partial charge in [-0.05, 0) is 56.5 Å². The molecule has 0 radical (unpaired) electrons. The molecule has 0 bridgehead atoms. The average Bonchev–Trinajstić information content (AvgIpc) is 2.73. The van der Waals surface area contributed by atoms with Crippen LogP contribution in [-0.2, 0) is 16.0 Å². The fourth-order valence-corrected chi connectivity index (χ4v) is 2.79. The number of amides is 2. The van der Waals surface area contributed by atoms with Gasteiger partial charge in [0, 0.05) is 12.6 Å². The second kappa shape index (κ2) is 11.2. The molecule has 156 valence electrons. The van der Waals surface area contributed by atoms with E-state index in [0.717, 1.165) is 12.0 Å². The molecule has 2 atom stereocenters. The van der Waals surface area contributed by atoms with Crippen molar-refractivity contribution in [2.45, 2.75) is 45.7 Å². The lowest BCUT2D eigenvalue weighted by atomic mass is 10.1. The van der Waals surface area contributed by atoms with Gasteiger partial charge in [0.1, 0.15) is 17.6 Å². The maximum atomic E-state index is 13.0. The summed E-state index contributed by atoms with van der Waals surface area (Å²) < 4.78 is 18.5. The van der Waals surface area contributed by atoms with Crippen LogP contribution in [0.4, 0.5) is 4.39 Å². The van der Waals surface area contributed by atoms with Crippen LogP contribution in [0.2, 0.25) is 0 Å². The van der Waals surface area contributed by atoms with E-state index in [9.17, 15) is 14.0 Å². The highest BCUT2D eigenvalue weighted by Crippen LogP contribution is 2.12. The second-order valence-electron chi connectivity index (χ2n) is 7.06. The first-order valence-corrected chi connectivity index (χ1v) is 9.92. The molecule has 0 aliphatic heterocycles. The Balaban J connectivity index is 2.05. The zero-order valence-electron chi connectivity index (χ0n) is 17.2. The van der Waals surface area contributed by atoms with Crippen LogP contribution < -0.4 is 10.1 Å². The van der Waals surface area contributed by atoms with E-state index in [-0.39, 0.29) is 30.3 Å². The molecule has 0 saturated heterocycles. The lowest BCUT2D eigenvalue weighted by Gasteiger charge is -2.29. The summed E-state index contributed by atoms with van der Waals surface area (Å²) >= 11 is 0. The molecule has 0 aliphatic rings. The fourth-order valence-electron chi connectivity index (χ4n) is 2.79. The van der Waals surface area contributed by atoms with Crippen LogP contribution in [-0.4, -0.2) is 41.9 Å². The predicted octanol–water partition coefficient (Wildman–Crippen LogP) is 3.58.